The van der Waals surface area contributed by atoms with Crippen molar-refractivity contribution in [2.24, 2.45) is 5.92 Å². The molecule has 8 heteroatoms. The minimum Gasteiger partial charge on any atom is -0.507 e. The predicted molar refractivity (Wildman–Crippen MR) is 138 cm³/mol. The first-order valence-electron chi connectivity index (χ1n) is 12.5. The molecule has 0 aliphatic rings. The molecular formula is C27H45N3O5. The molecule has 0 aliphatic carbocycles. The number of ether oxygens (including phenoxy) is 1. The first kappa shape index (κ1) is 30.3. The molecule has 1 aromatic rings. The van der Waals surface area contributed by atoms with Gasteiger partial charge in [0.2, 0.25) is 11.8 Å². The van der Waals surface area contributed by atoms with Crippen LogP contribution in [0.25, 0.3) is 0 Å². The molecule has 3 N–H and O–H groups in total. The number of rotatable bonds is 10. The van der Waals surface area contributed by atoms with Crippen molar-refractivity contribution in [1.82, 2.24) is 15.5 Å². The number of nitrogens with one attached hydrogen (secondary N) is 2. The third-order valence-corrected chi connectivity index (χ3v) is 5.62. The van der Waals surface area contributed by atoms with Gasteiger partial charge in [-0.3, -0.25) is 9.59 Å². The van der Waals surface area contributed by atoms with E-state index in [9.17, 15) is 19.5 Å². The first-order chi connectivity index (χ1) is 16.1. The molecule has 3 atom stereocenters. The molecule has 3 amide bonds. The van der Waals surface area contributed by atoms with Crippen molar-refractivity contribution in [3.63, 3.8) is 0 Å². The molecular weight excluding hydrogens is 446 g/mol. The van der Waals surface area contributed by atoms with Crippen molar-refractivity contribution in [3.8, 4) is 5.75 Å². The summed E-state index contributed by atoms with van der Waals surface area (Å²) in [5, 5.41) is 16.6. The molecule has 0 fully saturated rings. The van der Waals surface area contributed by atoms with Crippen LogP contribution in [-0.4, -0.2) is 51.6 Å². The molecule has 0 aromatic heterocycles. The van der Waals surface area contributed by atoms with Crippen LogP contribution in [0.3, 0.4) is 0 Å². The molecule has 3 unspecified atom stereocenters. The summed E-state index contributed by atoms with van der Waals surface area (Å²) in [6, 6.07) is 2.64. The van der Waals surface area contributed by atoms with E-state index in [2.05, 4.69) is 10.6 Å². The number of alkyl carbamates (subject to hydrolysis) is 1. The van der Waals surface area contributed by atoms with Gasteiger partial charge < -0.3 is 25.4 Å². The lowest BCUT2D eigenvalue weighted by atomic mass is 9.95. The Kier molecular flexibility index (Phi) is 11.1. The minimum absolute atomic E-state index is 0.0320. The van der Waals surface area contributed by atoms with Gasteiger partial charge in [-0.15, -0.1) is 0 Å². The van der Waals surface area contributed by atoms with Gasteiger partial charge in [0.1, 0.15) is 23.4 Å². The summed E-state index contributed by atoms with van der Waals surface area (Å²) in [6.45, 7) is 18.2. The molecule has 0 radical (unpaired) electrons. The summed E-state index contributed by atoms with van der Waals surface area (Å²) >= 11 is 0. The average molecular weight is 492 g/mol. The molecule has 35 heavy (non-hydrogen) atoms. The van der Waals surface area contributed by atoms with Crippen LogP contribution in [0, 0.1) is 12.8 Å². The molecule has 1 rings (SSSR count). The number of nitrogens with zero attached hydrogens (tertiary/aromatic N) is 1. The number of amides is 3. The van der Waals surface area contributed by atoms with E-state index in [1.165, 1.54) is 4.90 Å². The van der Waals surface area contributed by atoms with E-state index in [-0.39, 0.29) is 23.6 Å². The van der Waals surface area contributed by atoms with Gasteiger partial charge >= 0.3 is 6.09 Å². The minimum atomic E-state index is -1.08. The van der Waals surface area contributed by atoms with E-state index in [0.717, 1.165) is 12.8 Å². The molecule has 1 aromatic carbocycles. The van der Waals surface area contributed by atoms with Crippen LogP contribution in [0.1, 0.15) is 92.3 Å². The van der Waals surface area contributed by atoms with Crippen LogP contribution < -0.4 is 10.6 Å². The molecule has 0 saturated carbocycles. The lowest BCUT2D eigenvalue weighted by molar-refractivity contribution is -0.145. The molecule has 8 nitrogen and oxygen atoms in total. The summed E-state index contributed by atoms with van der Waals surface area (Å²) in [5.41, 5.74) is 0.218. The summed E-state index contributed by atoms with van der Waals surface area (Å²) in [5.74, 6) is -1.11. The fourth-order valence-corrected chi connectivity index (χ4v) is 3.94. The summed E-state index contributed by atoms with van der Waals surface area (Å²) in [7, 11) is 0. The smallest absolute Gasteiger partial charge is 0.408 e. The molecule has 0 heterocycles. The van der Waals surface area contributed by atoms with E-state index in [1.54, 1.807) is 45.9 Å². The lowest BCUT2D eigenvalue weighted by Gasteiger charge is -2.38. The van der Waals surface area contributed by atoms with Crippen LogP contribution in [0.15, 0.2) is 18.2 Å². The van der Waals surface area contributed by atoms with Gasteiger partial charge in [0, 0.05) is 17.6 Å². The number of benzene rings is 1. The van der Waals surface area contributed by atoms with Crippen LogP contribution in [-0.2, 0) is 14.3 Å². The van der Waals surface area contributed by atoms with E-state index >= 15 is 0 Å². The first-order valence-corrected chi connectivity index (χ1v) is 12.5. The zero-order valence-corrected chi connectivity index (χ0v) is 23.1. The Morgan fingerprint density at radius 3 is 2.14 bits per heavy atom. The van der Waals surface area contributed by atoms with Crippen molar-refractivity contribution < 1.29 is 24.2 Å². The fourth-order valence-electron chi connectivity index (χ4n) is 3.94. The van der Waals surface area contributed by atoms with Crippen molar-refractivity contribution in [2.75, 3.05) is 0 Å². The van der Waals surface area contributed by atoms with Gasteiger partial charge in [0.05, 0.1) is 0 Å². The highest BCUT2D eigenvalue weighted by Crippen LogP contribution is 2.34. The van der Waals surface area contributed by atoms with E-state index in [4.69, 9.17) is 4.74 Å². The molecule has 0 bridgehead atoms. The highest BCUT2D eigenvalue weighted by atomic mass is 16.6. The highest BCUT2D eigenvalue weighted by Gasteiger charge is 2.40. The average Bonchev–Trinajstić information content (AvgIpc) is 2.70. The van der Waals surface area contributed by atoms with Crippen molar-refractivity contribution in [1.29, 1.82) is 0 Å². The topological polar surface area (TPSA) is 108 Å². The number of carbonyl (C=O) groups is 3. The quantitative estimate of drug-likeness (QED) is 0.434. The number of aryl methyl sites for hydroxylation is 1. The lowest BCUT2D eigenvalue weighted by Crippen LogP contribution is -2.57. The Hall–Kier alpha value is -2.77. The van der Waals surface area contributed by atoms with Gasteiger partial charge in [0.15, 0.2) is 0 Å². The van der Waals surface area contributed by atoms with Gasteiger partial charge in [-0.25, -0.2) is 4.79 Å². The number of phenols is 1. The maximum absolute atomic E-state index is 13.9. The maximum Gasteiger partial charge on any atom is 0.408 e. The number of hydrogen-bond acceptors (Lipinski definition) is 5. The van der Waals surface area contributed by atoms with E-state index in [1.807, 2.05) is 41.5 Å². The number of aromatic hydroxyl groups is 1. The van der Waals surface area contributed by atoms with Crippen LogP contribution in [0.4, 0.5) is 4.79 Å². The van der Waals surface area contributed by atoms with E-state index in [0.29, 0.717) is 11.1 Å². The van der Waals surface area contributed by atoms with Gasteiger partial charge in [-0.1, -0.05) is 45.4 Å². The number of hydrogen-bond donors (Lipinski definition) is 3. The van der Waals surface area contributed by atoms with Crippen molar-refractivity contribution >= 4 is 17.9 Å². The van der Waals surface area contributed by atoms with Gasteiger partial charge in [-0.05, 0) is 66.4 Å². The SMILES string of the molecule is CCCC(C)NC(=O)C(c1cccc(C)c1O)N(C(=O)C(NC(=O)OC(C)(C)C)C(C)C)C(C)C. The van der Waals surface area contributed by atoms with Crippen LogP contribution in [0.5, 0.6) is 5.75 Å². The number of carbonyl (C=O) groups excluding carboxylic acids is 3. The Morgan fingerprint density at radius 2 is 1.66 bits per heavy atom. The standard InChI is InChI=1S/C27H45N3O5/c1-11-13-19(7)28-24(32)22(20-15-12-14-18(6)23(20)31)30(17(4)5)25(33)21(16(2)3)29-26(34)35-27(8,9)10/h12,14-17,19,21-22,31H,11,13H2,1-10H3,(H,28,32)(H,29,34). The van der Waals surface area contributed by atoms with Gasteiger partial charge in [-0.2, -0.15) is 0 Å². The number of para-hydroxylation sites is 1. The van der Waals surface area contributed by atoms with Crippen LogP contribution in [0.2, 0.25) is 0 Å². The second kappa shape index (κ2) is 12.8. The maximum atomic E-state index is 13.9. The second-order valence-electron chi connectivity index (χ2n) is 10.8. The van der Waals surface area contributed by atoms with Crippen molar-refractivity contribution in [2.45, 2.75) is 112 Å². The Bertz CT molecular complexity index is 876. The molecule has 0 spiro atoms. The van der Waals surface area contributed by atoms with Crippen LogP contribution >= 0.6 is 0 Å². The summed E-state index contributed by atoms with van der Waals surface area (Å²) < 4.78 is 5.38. The van der Waals surface area contributed by atoms with Crippen molar-refractivity contribution in [3.05, 3.63) is 29.3 Å². The fraction of sp³-hybridized carbons (Fsp3) is 0.667. The Labute approximate surface area is 210 Å². The molecule has 0 saturated heterocycles. The predicted octanol–water partition coefficient (Wildman–Crippen LogP) is 4.83. The summed E-state index contributed by atoms with van der Waals surface area (Å²) in [6.07, 6.45) is 0.969. The second-order valence-corrected chi connectivity index (χ2v) is 10.8. The monoisotopic (exact) mass is 491 g/mol. The molecule has 198 valence electrons. The van der Waals surface area contributed by atoms with E-state index < -0.39 is 35.7 Å². The van der Waals surface area contributed by atoms with Gasteiger partial charge in [0.25, 0.3) is 0 Å². The zero-order valence-electron chi connectivity index (χ0n) is 23.1. The molecule has 0 aliphatic heterocycles. The zero-order chi connectivity index (χ0) is 27.1. The Balaban J connectivity index is 3.53. The largest absolute Gasteiger partial charge is 0.507 e. The third-order valence-electron chi connectivity index (χ3n) is 5.62. The Morgan fingerprint density at radius 1 is 1.06 bits per heavy atom. The highest BCUT2D eigenvalue weighted by molar-refractivity contribution is 5.93. The normalized spacial score (nSPS) is 14.3. The third kappa shape index (κ3) is 8.75. The summed E-state index contributed by atoms with van der Waals surface area (Å²) in [4.78, 5) is 41.6. The number of phenolic OH excluding ortho intramolecular Hbond substituents is 1.